The monoisotopic (exact) mass is 410 g/mol. The van der Waals surface area contributed by atoms with Gasteiger partial charge in [0.25, 0.3) is 5.91 Å². The van der Waals surface area contributed by atoms with Crippen molar-refractivity contribution in [3.63, 3.8) is 0 Å². The Morgan fingerprint density at radius 3 is 2.80 bits per heavy atom. The van der Waals surface area contributed by atoms with E-state index in [4.69, 9.17) is 9.15 Å². The van der Waals surface area contributed by atoms with Crippen LogP contribution in [0.1, 0.15) is 35.5 Å². The molecule has 3 aromatic rings. The fraction of sp³-hybridized carbons (Fsp3) is 0.238. The van der Waals surface area contributed by atoms with Gasteiger partial charge in [-0.05, 0) is 49.4 Å². The number of anilines is 2. The zero-order valence-corrected chi connectivity index (χ0v) is 16.2. The summed E-state index contributed by atoms with van der Waals surface area (Å²) >= 11 is 0. The minimum atomic E-state index is -0.566. The van der Waals surface area contributed by atoms with Gasteiger partial charge < -0.3 is 14.1 Å². The van der Waals surface area contributed by atoms with E-state index in [-0.39, 0.29) is 35.7 Å². The lowest BCUT2D eigenvalue weighted by molar-refractivity contribution is -0.117. The SMILES string of the molecule is CCOc1ccc(N2CC(c3nnc(NC(=O)c4cccc(F)c4)o3)CC2=O)cc1. The maximum atomic E-state index is 13.3. The van der Waals surface area contributed by atoms with Crippen LogP contribution < -0.4 is 15.0 Å². The molecule has 0 saturated carbocycles. The first kappa shape index (κ1) is 19.6. The van der Waals surface area contributed by atoms with Crippen molar-refractivity contribution < 1.29 is 23.1 Å². The van der Waals surface area contributed by atoms with Crippen molar-refractivity contribution in [1.82, 2.24) is 10.2 Å². The fourth-order valence-corrected chi connectivity index (χ4v) is 3.26. The second-order valence-electron chi connectivity index (χ2n) is 6.74. The Morgan fingerprint density at radius 2 is 2.07 bits per heavy atom. The Hall–Kier alpha value is -3.75. The molecule has 30 heavy (non-hydrogen) atoms. The molecular formula is C21H19FN4O4. The van der Waals surface area contributed by atoms with Crippen molar-refractivity contribution in [3.8, 4) is 5.75 Å². The summed E-state index contributed by atoms with van der Waals surface area (Å²) in [6, 6.07) is 12.4. The molecule has 154 valence electrons. The average molecular weight is 410 g/mol. The number of hydrogen-bond donors (Lipinski definition) is 1. The summed E-state index contributed by atoms with van der Waals surface area (Å²) in [5, 5.41) is 10.2. The molecule has 1 unspecified atom stereocenters. The molecule has 0 aliphatic carbocycles. The molecule has 0 spiro atoms. The van der Waals surface area contributed by atoms with Gasteiger partial charge in [0.2, 0.25) is 11.8 Å². The summed E-state index contributed by atoms with van der Waals surface area (Å²) in [7, 11) is 0. The van der Waals surface area contributed by atoms with Gasteiger partial charge in [-0.3, -0.25) is 14.9 Å². The van der Waals surface area contributed by atoms with Crippen LogP contribution in [0.15, 0.2) is 52.9 Å². The van der Waals surface area contributed by atoms with Crippen molar-refractivity contribution in [2.45, 2.75) is 19.3 Å². The number of halogens is 1. The fourth-order valence-electron chi connectivity index (χ4n) is 3.26. The first-order chi connectivity index (χ1) is 14.5. The van der Waals surface area contributed by atoms with Crippen LogP contribution in [0.25, 0.3) is 0 Å². The van der Waals surface area contributed by atoms with Gasteiger partial charge in [-0.2, -0.15) is 0 Å². The second kappa shape index (κ2) is 8.32. The average Bonchev–Trinajstić information content (AvgIpc) is 3.35. The number of nitrogens with one attached hydrogen (secondary N) is 1. The summed E-state index contributed by atoms with van der Waals surface area (Å²) < 4.78 is 24.2. The molecule has 4 rings (SSSR count). The van der Waals surface area contributed by atoms with Gasteiger partial charge in [-0.15, -0.1) is 5.10 Å². The predicted molar refractivity (Wildman–Crippen MR) is 106 cm³/mol. The number of hydrogen-bond acceptors (Lipinski definition) is 6. The van der Waals surface area contributed by atoms with Gasteiger partial charge in [0.1, 0.15) is 11.6 Å². The van der Waals surface area contributed by atoms with E-state index in [2.05, 4.69) is 15.5 Å². The highest BCUT2D eigenvalue weighted by Gasteiger charge is 2.35. The Bertz CT molecular complexity index is 1070. The largest absolute Gasteiger partial charge is 0.494 e. The van der Waals surface area contributed by atoms with Crippen molar-refractivity contribution in [2.75, 3.05) is 23.4 Å². The molecule has 1 aromatic heterocycles. The minimum Gasteiger partial charge on any atom is -0.494 e. The van der Waals surface area contributed by atoms with Crippen molar-refractivity contribution in [1.29, 1.82) is 0 Å². The van der Waals surface area contributed by atoms with E-state index >= 15 is 0 Å². The topological polar surface area (TPSA) is 97.6 Å². The highest BCUT2D eigenvalue weighted by atomic mass is 19.1. The van der Waals surface area contributed by atoms with Crippen molar-refractivity contribution in [3.05, 3.63) is 65.8 Å². The van der Waals surface area contributed by atoms with Crippen LogP contribution in [0, 0.1) is 5.82 Å². The molecule has 2 heterocycles. The predicted octanol–water partition coefficient (Wildman–Crippen LogP) is 3.38. The molecule has 1 saturated heterocycles. The summed E-state index contributed by atoms with van der Waals surface area (Å²) in [5.74, 6) is -0.452. The first-order valence-corrected chi connectivity index (χ1v) is 9.47. The summed E-state index contributed by atoms with van der Waals surface area (Å²) in [6.07, 6.45) is 0.215. The quantitative estimate of drug-likeness (QED) is 0.669. The smallest absolute Gasteiger partial charge is 0.322 e. The Labute approximate surface area is 171 Å². The molecule has 8 nitrogen and oxygen atoms in total. The highest BCUT2D eigenvalue weighted by molar-refractivity contribution is 6.03. The standard InChI is InChI=1S/C21H19FN4O4/c1-2-29-17-8-6-16(7-9-17)26-12-14(11-18(26)27)20-24-25-21(30-20)23-19(28)13-4-3-5-15(22)10-13/h3-10,14H,2,11-12H2,1H3,(H,23,25,28). The molecule has 2 amide bonds. The van der Waals surface area contributed by atoms with E-state index < -0.39 is 11.7 Å². The molecule has 1 fully saturated rings. The van der Waals surface area contributed by atoms with Crippen molar-refractivity contribution in [2.24, 2.45) is 0 Å². The van der Waals surface area contributed by atoms with Crippen LogP contribution in [0.3, 0.4) is 0 Å². The van der Waals surface area contributed by atoms with Gasteiger partial charge in [0.05, 0.1) is 12.5 Å². The molecule has 0 radical (unpaired) electrons. The number of ether oxygens (including phenoxy) is 1. The van der Waals surface area contributed by atoms with Gasteiger partial charge in [0, 0.05) is 24.2 Å². The number of benzene rings is 2. The van der Waals surface area contributed by atoms with Crippen LogP contribution in [-0.4, -0.2) is 35.2 Å². The number of amides is 2. The van der Waals surface area contributed by atoms with Gasteiger partial charge in [0.15, 0.2) is 0 Å². The van der Waals surface area contributed by atoms with Gasteiger partial charge >= 0.3 is 6.01 Å². The third-order valence-electron chi connectivity index (χ3n) is 4.68. The zero-order valence-electron chi connectivity index (χ0n) is 16.2. The Morgan fingerprint density at radius 1 is 1.27 bits per heavy atom. The van der Waals surface area contributed by atoms with Gasteiger partial charge in [-0.25, -0.2) is 4.39 Å². The third kappa shape index (κ3) is 4.14. The molecule has 2 aromatic carbocycles. The molecule has 1 aliphatic heterocycles. The highest BCUT2D eigenvalue weighted by Crippen LogP contribution is 2.32. The van der Waals surface area contributed by atoms with Gasteiger partial charge in [-0.1, -0.05) is 11.2 Å². The third-order valence-corrected chi connectivity index (χ3v) is 4.68. The summed E-state index contributed by atoms with van der Waals surface area (Å²) in [4.78, 5) is 26.3. The molecule has 1 atom stereocenters. The lowest BCUT2D eigenvalue weighted by Gasteiger charge is -2.16. The lowest BCUT2D eigenvalue weighted by atomic mass is 10.1. The zero-order chi connectivity index (χ0) is 21.1. The normalized spacial score (nSPS) is 16.0. The Balaban J connectivity index is 1.42. The molecule has 9 heteroatoms. The van der Waals surface area contributed by atoms with Crippen LogP contribution in [0.2, 0.25) is 0 Å². The van der Waals surface area contributed by atoms with Crippen LogP contribution >= 0.6 is 0 Å². The molecule has 1 aliphatic rings. The second-order valence-corrected chi connectivity index (χ2v) is 6.74. The van der Waals surface area contributed by atoms with E-state index in [0.29, 0.717) is 13.2 Å². The van der Waals surface area contributed by atoms with Crippen molar-refractivity contribution >= 4 is 23.5 Å². The number of carbonyl (C=O) groups excluding carboxylic acids is 2. The van der Waals surface area contributed by atoms with E-state index in [9.17, 15) is 14.0 Å². The van der Waals surface area contributed by atoms with E-state index in [1.54, 1.807) is 4.90 Å². The lowest BCUT2D eigenvalue weighted by Crippen LogP contribution is -2.24. The number of rotatable bonds is 6. The van der Waals surface area contributed by atoms with Crippen LogP contribution in [-0.2, 0) is 4.79 Å². The molecular weight excluding hydrogens is 391 g/mol. The number of nitrogens with zero attached hydrogens (tertiary/aromatic N) is 3. The minimum absolute atomic E-state index is 0.0623. The Kier molecular flexibility index (Phi) is 5.42. The maximum absolute atomic E-state index is 13.3. The maximum Gasteiger partial charge on any atom is 0.322 e. The van der Waals surface area contributed by atoms with E-state index in [1.165, 1.54) is 18.2 Å². The first-order valence-electron chi connectivity index (χ1n) is 9.47. The number of carbonyl (C=O) groups is 2. The summed E-state index contributed by atoms with van der Waals surface area (Å²) in [5.41, 5.74) is 0.887. The summed E-state index contributed by atoms with van der Waals surface area (Å²) in [6.45, 7) is 2.85. The number of aromatic nitrogens is 2. The van der Waals surface area contributed by atoms with E-state index in [1.807, 2.05) is 31.2 Å². The molecule has 1 N–H and O–H groups in total. The van der Waals surface area contributed by atoms with Crippen LogP contribution in [0.4, 0.5) is 16.1 Å². The van der Waals surface area contributed by atoms with Crippen LogP contribution in [0.5, 0.6) is 5.75 Å². The molecule has 0 bridgehead atoms. The van der Waals surface area contributed by atoms with E-state index in [0.717, 1.165) is 17.5 Å².